The summed E-state index contributed by atoms with van der Waals surface area (Å²) in [5.41, 5.74) is 12.6. The Morgan fingerprint density at radius 1 is 1.56 bits per heavy atom. The van der Waals surface area contributed by atoms with E-state index in [0.29, 0.717) is 5.70 Å². The molecule has 0 amide bonds. The molecular weight excluding hydrogens is 112 g/mol. The Hall–Kier alpha value is -1.02. The van der Waals surface area contributed by atoms with Gasteiger partial charge in [-0.3, -0.25) is 0 Å². The van der Waals surface area contributed by atoms with Gasteiger partial charge in [0.05, 0.1) is 6.04 Å². The maximum atomic E-state index is 5.52. The molecule has 48 valence electrons. The zero-order chi connectivity index (χ0) is 6.85. The molecule has 4 N–H and O–H groups in total. The van der Waals surface area contributed by atoms with Crippen LogP contribution in [0, 0.1) is 0 Å². The lowest BCUT2D eigenvalue weighted by molar-refractivity contribution is 0.919. The van der Waals surface area contributed by atoms with Gasteiger partial charge in [0.2, 0.25) is 0 Å². The maximum absolute atomic E-state index is 5.52. The standard InChI is InChI=1S/C7H10N2/c1-5-2-3-6(8)7(9)4-5/h2-4,6H,1,8-9H2. The van der Waals surface area contributed by atoms with Crippen LogP contribution in [0.25, 0.3) is 0 Å². The largest absolute Gasteiger partial charge is 0.400 e. The fraction of sp³-hybridized carbons (Fsp3) is 0.143. The Morgan fingerprint density at radius 2 is 2.22 bits per heavy atom. The van der Waals surface area contributed by atoms with E-state index in [2.05, 4.69) is 6.58 Å². The second-order valence-corrected chi connectivity index (χ2v) is 2.10. The summed E-state index contributed by atoms with van der Waals surface area (Å²) >= 11 is 0. The van der Waals surface area contributed by atoms with Gasteiger partial charge in [-0.25, -0.2) is 0 Å². The third-order valence-corrected chi connectivity index (χ3v) is 1.25. The quantitative estimate of drug-likeness (QED) is 0.485. The molecule has 0 saturated heterocycles. The molecule has 0 bridgehead atoms. The van der Waals surface area contributed by atoms with Gasteiger partial charge in [-0.2, -0.15) is 0 Å². The smallest absolute Gasteiger partial charge is 0.0631 e. The van der Waals surface area contributed by atoms with Crippen molar-refractivity contribution in [1.29, 1.82) is 0 Å². The molecule has 0 spiro atoms. The normalized spacial score (nSPS) is 26.1. The van der Waals surface area contributed by atoms with Crippen molar-refractivity contribution in [2.24, 2.45) is 11.5 Å². The lowest BCUT2D eigenvalue weighted by atomic mass is 10.1. The van der Waals surface area contributed by atoms with Crippen molar-refractivity contribution in [2.45, 2.75) is 6.04 Å². The molecule has 1 aliphatic rings. The molecule has 0 aromatic rings. The van der Waals surface area contributed by atoms with Crippen LogP contribution in [0.3, 0.4) is 0 Å². The fourth-order valence-electron chi connectivity index (χ4n) is 0.697. The third kappa shape index (κ3) is 1.21. The summed E-state index contributed by atoms with van der Waals surface area (Å²) in [6.45, 7) is 3.70. The molecule has 1 unspecified atom stereocenters. The van der Waals surface area contributed by atoms with Crippen molar-refractivity contribution in [2.75, 3.05) is 0 Å². The van der Waals surface area contributed by atoms with Gasteiger partial charge in [0.15, 0.2) is 0 Å². The van der Waals surface area contributed by atoms with E-state index in [1.165, 1.54) is 0 Å². The van der Waals surface area contributed by atoms with Crippen LogP contribution in [0.4, 0.5) is 0 Å². The van der Waals surface area contributed by atoms with Crippen molar-refractivity contribution in [3.8, 4) is 0 Å². The van der Waals surface area contributed by atoms with Gasteiger partial charge >= 0.3 is 0 Å². The monoisotopic (exact) mass is 122 g/mol. The average molecular weight is 122 g/mol. The minimum Gasteiger partial charge on any atom is -0.400 e. The predicted octanol–water partition coefficient (Wildman–Crippen LogP) is 0.282. The van der Waals surface area contributed by atoms with Crippen LogP contribution in [0.1, 0.15) is 0 Å². The highest BCUT2D eigenvalue weighted by Gasteiger charge is 2.04. The Labute approximate surface area is 54.5 Å². The molecule has 0 aromatic heterocycles. The van der Waals surface area contributed by atoms with E-state index < -0.39 is 0 Å². The SMILES string of the molecule is C=C1C=CC(N)C(N)=C1. The molecule has 0 saturated carbocycles. The molecule has 0 heterocycles. The van der Waals surface area contributed by atoms with Gasteiger partial charge in [-0.15, -0.1) is 0 Å². The number of hydrogen-bond acceptors (Lipinski definition) is 2. The molecule has 1 rings (SSSR count). The second-order valence-electron chi connectivity index (χ2n) is 2.10. The van der Waals surface area contributed by atoms with E-state index in [4.69, 9.17) is 11.5 Å². The zero-order valence-electron chi connectivity index (χ0n) is 5.17. The molecule has 9 heavy (non-hydrogen) atoms. The van der Waals surface area contributed by atoms with Crippen molar-refractivity contribution >= 4 is 0 Å². The van der Waals surface area contributed by atoms with Gasteiger partial charge in [0.25, 0.3) is 0 Å². The van der Waals surface area contributed by atoms with Crippen molar-refractivity contribution in [3.05, 3.63) is 36.1 Å². The Kier molecular flexibility index (Phi) is 1.40. The van der Waals surface area contributed by atoms with Crippen LogP contribution in [0.5, 0.6) is 0 Å². The van der Waals surface area contributed by atoms with E-state index in [0.717, 1.165) is 5.57 Å². The van der Waals surface area contributed by atoms with Gasteiger partial charge < -0.3 is 11.5 Å². The fourth-order valence-corrected chi connectivity index (χ4v) is 0.697. The lowest BCUT2D eigenvalue weighted by Crippen LogP contribution is -2.26. The van der Waals surface area contributed by atoms with E-state index in [9.17, 15) is 0 Å². The van der Waals surface area contributed by atoms with Crippen LogP contribution in [0.2, 0.25) is 0 Å². The summed E-state index contributed by atoms with van der Waals surface area (Å²) in [7, 11) is 0. The minimum atomic E-state index is -0.115. The summed E-state index contributed by atoms with van der Waals surface area (Å²) in [6, 6.07) is -0.115. The second kappa shape index (κ2) is 2.07. The Balaban J connectivity index is 2.82. The van der Waals surface area contributed by atoms with E-state index in [1.807, 2.05) is 12.2 Å². The summed E-state index contributed by atoms with van der Waals surface area (Å²) < 4.78 is 0. The first-order valence-electron chi connectivity index (χ1n) is 2.80. The van der Waals surface area contributed by atoms with Crippen molar-refractivity contribution in [3.63, 3.8) is 0 Å². The van der Waals surface area contributed by atoms with Gasteiger partial charge in [-0.1, -0.05) is 18.7 Å². The number of rotatable bonds is 0. The highest BCUT2D eigenvalue weighted by atomic mass is 14.7. The summed E-state index contributed by atoms with van der Waals surface area (Å²) in [5.74, 6) is 0. The summed E-state index contributed by atoms with van der Waals surface area (Å²) in [6.07, 6.45) is 5.48. The van der Waals surface area contributed by atoms with E-state index in [1.54, 1.807) is 6.08 Å². The highest BCUT2D eigenvalue weighted by molar-refractivity contribution is 5.38. The minimum absolute atomic E-state index is 0.115. The van der Waals surface area contributed by atoms with Gasteiger partial charge in [-0.05, 0) is 11.6 Å². The molecule has 1 atom stereocenters. The lowest BCUT2D eigenvalue weighted by Gasteiger charge is -2.11. The molecule has 2 nitrogen and oxygen atoms in total. The molecule has 0 aromatic carbocycles. The first kappa shape index (κ1) is 6.11. The van der Waals surface area contributed by atoms with Crippen molar-refractivity contribution in [1.82, 2.24) is 0 Å². The molecule has 2 heteroatoms. The summed E-state index contributed by atoms with van der Waals surface area (Å²) in [5, 5.41) is 0. The van der Waals surface area contributed by atoms with Crippen LogP contribution < -0.4 is 11.5 Å². The van der Waals surface area contributed by atoms with Crippen LogP contribution in [0.15, 0.2) is 36.1 Å². The zero-order valence-corrected chi connectivity index (χ0v) is 5.17. The molecule has 0 aliphatic heterocycles. The first-order chi connectivity index (χ1) is 4.20. The number of nitrogens with two attached hydrogens (primary N) is 2. The van der Waals surface area contributed by atoms with Crippen LogP contribution >= 0.6 is 0 Å². The number of hydrogen-bond donors (Lipinski definition) is 2. The van der Waals surface area contributed by atoms with Gasteiger partial charge in [0.1, 0.15) is 0 Å². The first-order valence-corrected chi connectivity index (χ1v) is 2.80. The summed E-state index contributed by atoms with van der Waals surface area (Å²) in [4.78, 5) is 0. The predicted molar refractivity (Wildman–Crippen MR) is 38.5 cm³/mol. The highest BCUT2D eigenvalue weighted by Crippen LogP contribution is 2.07. The third-order valence-electron chi connectivity index (χ3n) is 1.25. The molecular formula is C7H10N2. The average Bonchev–Trinajstić information content (AvgIpc) is 1.80. The molecule has 0 radical (unpaired) electrons. The number of allylic oxidation sites excluding steroid dienone is 3. The van der Waals surface area contributed by atoms with E-state index in [-0.39, 0.29) is 6.04 Å². The Bertz CT molecular complexity index is 189. The topological polar surface area (TPSA) is 52.0 Å². The van der Waals surface area contributed by atoms with Gasteiger partial charge in [0, 0.05) is 5.70 Å². The van der Waals surface area contributed by atoms with Crippen molar-refractivity contribution < 1.29 is 0 Å². The maximum Gasteiger partial charge on any atom is 0.0631 e. The Morgan fingerprint density at radius 3 is 2.67 bits per heavy atom. The molecule has 1 aliphatic carbocycles. The van der Waals surface area contributed by atoms with Crippen LogP contribution in [-0.4, -0.2) is 6.04 Å². The molecule has 0 fully saturated rings. The van der Waals surface area contributed by atoms with E-state index >= 15 is 0 Å². The van der Waals surface area contributed by atoms with Crippen LogP contribution in [-0.2, 0) is 0 Å².